The van der Waals surface area contributed by atoms with Crippen molar-refractivity contribution in [3.05, 3.63) is 42.0 Å². The third kappa shape index (κ3) is 20.8. The molecule has 2 amide bonds. The summed E-state index contributed by atoms with van der Waals surface area (Å²) in [5.74, 6) is -2.45. The molecule has 0 aromatic heterocycles. The van der Waals surface area contributed by atoms with Crippen LogP contribution in [0.1, 0.15) is 117 Å². The molecule has 0 fully saturated rings. The van der Waals surface area contributed by atoms with Crippen LogP contribution in [-0.4, -0.2) is 102 Å². The van der Waals surface area contributed by atoms with E-state index in [1.54, 1.807) is 31.2 Å². The van der Waals surface area contributed by atoms with Crippen LogP contribution in [0.25, 0.3) is 0 Å². The minimum Gasteiger partial charge on any atom is -0.481 e. The average molecular weight is 815 g/mol. The number of nitrogens with zero attached hydrogens (tertiary/aromatic N) is 1. The van der Waals surface area contributed by atoms with Gasteiger partial charge < -0.3 is 39.4 Å². The van der Waals surface area contributed by atoms with Gasteiger partial charge in [-0.2, -0.15) is 0 Å². The molecule has 0 aliphatic carbocycles. The van der Waals surface area contributed by atoms with Crippen LogP contribution in [0.2, 0.25) is 0 Å². The van der Waals surface area contributed by atoms with Crippen molar-refractivity contribution in [1.29, 1.82) is 0 Å². The van der Waals surface area contributed by atoms with E-state index in [-0.39, 0.29) is 18.8 Å². The van der Waals surface area contributed by atoms with Gasteiger partial charge in [-0.15, -0.1) is 5.92 Å². The Hall–Kier alpha value is -5.23. The van der Waals surface area contributed by atoms with Gasteiger partial charge in [-0.25, -0.2) is 9.59 Å². The van der Waals surface area contributed by atoms with Crippen LogP contribution in [0, 0.1) is 17.8 Å². The van der Waals surface area contributed by atoms with Crippen molar-refractivity contribution < 1.29 is 62.7 Å². The number of likely N-dealkylation sites (N-methyl/N-ethyl adjacent to an activating group) is 1. The lowest BCUT2D eigenvalue weighted by Gasteiger charge is -2.30. The van der Waals surface area contributed by atoms with Crippen molar-refractivity contribution in [1.82, 2.24) is 10.2 Å². The largest absolute Gasteiger partial charge is 0.481 e. The Morgan fingerprint density at radius 3 is 2.10 bits per heavy atom. The predicted octanol–water partition coefficient (Wildman–Crippen LogP) is 4.85. The summed E-state index contributed by atoms with van der Waals surface area (Å²) in [7, 11) is 2.93. The fourth-order valence-corrected chi connectivity index (χ4v) is 5.67. The van der Waals surface area contributed by atoms with Crippen LogP contribution in [0.3, 0.4) is 0 Å². The lowest BCUT2D eigenvalue weighted by molar-refractivity contribution is -0.191. The predicted molar refractivity (Wildman–Crippen MR) is 214 cm³/mol. The van der Waals surface area contributed by atoms with Gasteiger partial charge >= 0.3 is 23.9 Å². The molecule has 0 saturated heterocycles. The highest BCUT2D eigenvalue weighted by molar-refractivity contribution is 5.95. The number of allylic oxidation sites excluding steroid dienone is 1. The summed E-state index contributed by atoms with van der Waals surface area (Å²) >= 11 is 0. The quantitative estimate of drug-likeness (QED) is 0.0325. The molecule has 15 nitrogen and oxygen atoms in total. The number of nitrogens with one attached hydrogen (secondary N) is 1. The number of esters is 3. The van der Waals surface area contributed by atoms with Crippen molar-refractivity contribution in [3.63, 3.8) is 0 Å². The molecule has 58 heavy (non-hydrogen) atoms. The number of hydrogen-bond acceptors (Lipinski definition) is 12. The Balaban J connectivity index is 3.28. The molecule has 1 aromatic rings. The van der Waals surface area contributed by atoms with Crippen LogP contribution >= 0.6 is 0 Å². The van der Waals surface area contributed by atoms with Gasteiger partial charge in [0.1, 0.15) is 24.2 Å². The van der Waals surface area contributed by atoms with Crippen LogP contribution in [0.5, 0.6) is 5.75 Å². The van der Waals surface area contributed by atoms with Crippen molar-refractivity contribution in [2.24, 2.45) is 5.92 Å². The average Bonchev–Trinajstić information content (AvgIpc) is 3.15. The van der Waals surface area contributed by atoms with Crippen molar-refractivity contribution >= 4 is 41.5 Å². The van der Waals surface area contributed by atoms with Gasteiger partial charge in [-0.3, -0.25) is 24.0 Å². The highest BCUT2D eigenvalue weighted by atomic mass is 16.7. The molecule has 0 radical (unpaired) electrons. The number of ether oxygens (including phenoxy) is 4. The standard InChI is InChI=1S/C43H62N2O13/c1-7-9-11-14-17-20-34(47)21-18-15-12-13-16-19-22-36(43(54,42(52)53)29-39(49)58-32(4)57-31(3)46)40(50)44-37(41(51)56-30-38(48)45(5)6)28-33-23-25-35(26-24-33)55-27-10-8-2/h19,22-26,32,36-37,54H,7,9,11-18,20-21,27-30H2,1-6H3,(H,44,50)(H,52,53)/b22-19+/t32?,36-,37+,43+/m1/s1. The zero-order chi connectivity index (χ0) is 43.5. The number of aliphatic hydroxyl groups is 1. The first-order valence-electron chi connectivity index (χ1n) is 19.8. The van der Waals surface area contributed by atoms with E-state index in [4.69, 9.17) is 18.9 Å². The first-order chi connectivity index (χ1) is 27.5. The van der Waals surface area contributed by atoms with E-state index in [2.05, 4.69) is 24.1 Å². The first kappa shape index (κ1) is 50.8. The van der Waals surface area contributed by atoms with E-state index in [0.717, 1.165) is 57.9 Å². The van der Waals surface area contributed by atoms with Crippen molar-refractivity contribution in [3.8, 4) is 17.6 Å². The number of rotatable bonds is 29. The molecule has 1 aromatic carbocycles. The number of aliphatic carboxylic acids is 1. The lowest BCUT2D eigenvalue weighted by atomic mass is 9.82. The summed E-state index contributed by atoms with van der Waals surface area (Å²) in [6, 6.07) is 5.02. The number of carboxylic acid groups (broad SMARTS) is 1. The van der Waals surface area contributed by atoms with E-state index in [1.807, 2.05) is 0 Å². The zero-order valence-electron chi connectivity index (χ0n) is 34.8. The lowest BCUT2D eigenvalue weighted by Crippen LogP contribution is -2.56. The monoisotopic (exact) mass is 814 g/mol. The summed E-state index contributed by atoms with van der Waals surface area (Å²) in [5.41, 5.74) is -2.58. The fourth-order valence-electron chi connectivity index (χ4n) is 5.67. The molecule has 1 rings (SSSR count). The molecule has 0 saturated carbocycles. The van der Waals surface area contributed by atoms with Crippen LogP contribution in [0.15, 0.2) is 36.4 Å². The molecule has 15 heteroatoms. The van der Waals surface area contributed by atoms with Crippen LogP contribution < -0.4 is 10.1 Å². The number of benzene rings is 1. The number of Topliss-reactive ketones (excluding diaryl/α,β-unsaturated/α-hetero) is 1. The topological polar surface area (TPSA) is 212 Å². The Kier molecular flexibility index (Phi) is 24.7. The molecule has 0 aliphatic heterocycles. The molecule has 1 unspecified atom stereocenters. The minimum absolute atomic E-state index is 0.151. The summed E-state index contributed by atoms with van der Waals surface area (Å²) < 4.78 is 20.5. The van der Waals surface area contributed by atoms with E-state index < -0.39 is 72.6 Å². The summed E-state index contributed by atoms with van der Waals surface area (Å²) in [4.78, 5) is 89.9. The number of hydrogen-bond donors (Lipinski definition) is 3. The Morgan fingerprint density at radius 1 is 0.914 bits per heavy atom. The summed E-state index contributed by atoms with van der Waals surface area (Å²) in [5, 5.41) is 24.3. The summed E-state index contributed by atoms with van der Waals surface area (Å²) in [6.07, 6.45) is 9.53. The smallest absolute Gasteiger partial charge is 0.337 e. The van der Waals surface area contributed by atoms with Crippen LogP contribution in [-0.2, 0) is 54.2 Å². The van der Waals surface area contributed by atoms with Crippen LogP contribution in [0.4, 0.5) is 0 Å². The second kappa shape index (κ2) is 28.2. The molecule has 0 heterocycles. The normalized spacial score (nSPS) is 13.4. The van der Waals surface area contributed by atoms with Gasteiger partial charge in [0.15, 0.2) is 12.2 Å². The highest BCUT2D eigenvalue weighted by Gasteiger charge is 2.50. The zero-order valence-corrected chi connectivity index (χ0v) is 34.8. The first-order valence-corrected chi connectivity index (χ1v) is 19.8. The minimum atomic E-state index is -3.10. The second-order valence-electron chi connectivity index (χ2n) is 14.2. The third-order valence-electron chi connectivity index (χ3n) is 8.96. The molecule has 0 spiro atoms. The molecule has 0 aliphatic rings. The fraction of sp³-hybridized carbons (Fsp3) is 0.605. The molecule has 3 N–H and O–H groups in total. The number of carboxylic acids is 1. The third-order valence-corrected chi connectivity index (χ3v) is 8.96. The number of amides is 2. The molecule has 322 valence electrons. The maximum absolute atomic E-state index is 14.0. The summed E-state index contributed by atoms with van der Waals surface area (Å²) in [6.45, 7) is 5.60. The Morgan fingerprint density at radius 2 is 1.53 bits per heavy atom. The second-order valence-corrected chi connectivity index (χ2v) is 14.2. The maximum atomic E-state index is 14.0. The molecule has 4 atom stereocenters. The van der Waals surface area contributed by atoms with E-state index in [9.17, 15) is 43.8 Å². The number of ketones is 1. The van der Waals surface area contributed by atoms with Gasteiger partial charge in [0.05, 0.1) is 12.3 Å². The SMILES string of the molecule is CC#CCOc1ccc(C[C@H](NC(=O)[C@@H](/C=C/CCCCCCC(=O)CCCCCCC)[C@@](O)(CC(=O)OC(C)OC(C)=O)C(=O)O)C(=O)OCC(=O)N(C)C)cc1. The van der Waals surface area contributed by atoms with E-state index >= 15 is 0 Å². The van der Waals surface area contributed by atoms with E-state index in [0.29, 0.717) is 37.0 Å². The van der Waals surface area contributed by atoms with Gasteiger partial charge in [0.25, 0.3) is 5.91 Å². The Bertz CT molecular complexity index is 1580. The highest BCUT2D eigenvalue weighted by Crippen LogP contribution is 2.27. The number of carbonyl (C=O) groups is 7. The van der Waals surface area contributed by atoms with Gasteiger partial charge in [0, 0.05) is 47.2 Å². The van der Waals surface area contributed by atoms with Gasteiger partial charge in [0.2, 0.25) is 12.2 Å². The molecular weight excluding hydrogens is 752 g/mol. The Labute approximate surface area is 342 Å². The number of unbranched alkanes of at least 4 members (excludes halogenated alkanes) is 8. The van der Waals surface area contributed by atoms with Gasteiger partial charge in [-0.1, -0.05) is 75.7 Å². The van der Waals surface area contributed by atoms with Crippen molar-refractivity contribution in [2.75, 3.05) is 27.3 Å². The number of carbonyl (C=O) groups excluding carboxylic acids is 6. The van der Waals surface area contributed by atoms with Crippen molar-refractivity contribution in [2.45, 2.75) is 136 Å². The maximum Gasteiger partial charge on any atom is 0.337 e. The molecular formula is C43H62N2O13. The van der Waals surface area contributed by atoms with Gasteiger partial charge in [-0.05, 0) is 50.3 Å². The molecule has 0 bridgehead atoms. The van der Waals surface area contributed by atoms with E-state index in [1.165, 1.54) is 38.4 Å².